The van der Waals surface area contributed by atoms with Gasteiger partial charge in [-0.2, -0.15) is 0 Å². The number of rotatable bonds is 6. The first-order valence-corrected chi connectivity index (χ1v) is 13.3. The van der Waals surface area contributed by atoms with Gasteiger partial charge in [-0.1, -0.05) is 41.8 Å². The zero-order valence-corrected chi connectivity index (χ0v) is 22.8. The van der Waals surface area contributed by atoms with Gasteiger partial charge in [0.05, 0.1) is 22.4 Å². The summed E-state index contributed by atoms with van der Waals surface area (Å²) in [6.45, 7) is 2.17. The number of H-pyrrole nitrogens is 2. The van der Waals surface area contributed by atoms with Crippen LogP contribution in [-0.2, 0) is 13.0 Å². The number of fused-ring (bicyclic) bond motifs is 2. The smallest absolute Gasteiger partial charge is 0.328 e. The van der Waals surface area contributed by atoms with E-state index in [-0.39, 0.29) is 24.9 Å². The highest BCUT2D eigenvalue weighted by Crippen LogP contribution is 2.28. The molecule has 204 valence electrons. The molecule has 41 heavy (non-hydrogen) atoms. The molecule has 0 fully saturated rings. The third kappa shape index (κ3) is 5.09. The molecule has 4 aromatic heterocycles. The van der Waals surface area contributed by atoms with Crippen molar-refractivity contribution in [1.82, 2.24) is 29.2 Å². The maximum Gasteiger partial charge on any atom is 0.328 e. The average Bonchev–Trinajstić information content (AvgIpc) is 3.65. The molecule has 0 spiro atoms. The van der Waals surface area contributed by atoms with Crippen LogP contribution >= 0.6 is 11.6 Å². The number of aromatic nitrogens is 5. The van der Waals surface area contributed by atoms with Crippen molar-refractivity contribution in [2.45, 2.75) is 19.9 Å². The van der Waals surface area contributed by atoms with E-state index < -0.39 is 5.69 Å². The highest BCUT2D eigenvalue weighted by atomic mass is 35.5. The number of nitrogens with zero attached hydrogens (tertiary/aromatic N) is 3. The Morgan fingerprint density at radius 3 is 2.90 bits per heavy atom. The number of halogens is 1. The minimum Gasteiger partial charge on any atom is -0.493 e. The molecule has 0 aliphatic rings. The number of pyridine rings is 1. The summed E-state index contributed by atoms with van der Waals surface area (Å²) in [5, 5.41) is 15.1. The third-order valence-electron chi connectivity index (χ3n) is 7.01. The Morgan fingerprint density at radius 1 is 1.15 bits per heavy atom. The van der Waals surface area contributed by atoms with Gasteiger partial charge in [0.25, 0.3) is 5.91 Å². The molecular weight excluding hydrogens is 540 g/mol. The summed E-state index contributed by atoms with van der Waals surface area (Å²) in [4.78, 5) is 35.7. The van der Waals surface area contributed by atoms with Crippen molar-refractivity contribution in [3.05, 3.63) is 122 Å². The van der Waals surface area contributed by atoms with E-state index in [4.69, 9.17) is 11.6 Å². The molecule has 10 heteroatoms. The topological polar surface area (TPSA) is 120 Å². The molecule has 0 saturated heterocycles. The molecule has 0 bridgehead atoms. The predicted octanol–water partition coefficient (Wildman–Crippen LogP) is 4.39. The number of aromatic amines is 2. The van der Waals surface area contributed by atoms with Crippen LogP contribution in [0.1, 0.15) is 38.4 Å². The van der Waals surface area contributed by atoms with Crippen molar-refractivity contribution in [1.29, 1.82) is 0 Å². The van der Waals surface area contributed by atoms with Crippen LogP contribution < -0.4 is 11.0 Å². The summed E-state index contributed by atoms with van der Waals surface area (Å²) >= 11 is 6.25. The normalized spacial score (nSPS) is 11.1. The molecule has 0 radical (unpaired) electrons. The maximum atomic E-state index is 12.9. The first kappa shape index (κ1) is 26.0. The van der Waals surface area contributed by atoms with Crippen LogP contribution in [0.15, 0.2) is 78.0 Å². The highest BCUT2D eigenvalue weighted by molar-refractivity contribution is 6.35. The van der Waals surface area contributed by atoms with Crippen molar-refractivity contribution >= 4 is 34.1 Å². The average molecular weight is 565 g/mol. The van der Waals surface area contributed by atoms with E-state index in [1.54, 1.807) is 24.4 Å². The summed E-state index contributed by atoms with van der Waals surface area (Å²) in [5.41, 5.74) is 5.29. The monoisotopic (exact) mass is 564 g/mol. The SMILES string of the molecule is Cc1ccc(C(=O)NCCn2c(O)c(Cc3c[nH]c4c(Cl)cccc34)[nH]c2=O)cc1C#Cc1cnc2ccccn12. The number of imidazole rings is 2. The molecule has 0 aliphatic heterocycles. The number of aromatic hydroxyl groups is 1. The Labute approximate surface area is 239 Å². The van der Waals surface area contributed by atoms with Gasteiger partial charge >= 0.3 is 5.69 Å². The summed E-state index contributed by atoms with van der Waals surface area (Å²) in [6, 6.07) is 16.6. The van der Waals surface area contributed by atoms with Gasteiger partial charge in [-0.3, -0.25) is 13.8 Å². The summed E-state index contributed by atoms with van der Waals surface area (Å²) in [5.74, 6) is 5.82. The molecule has 6 aromatic rings. The number of aryl methyl sites for hydroxylation is 1. The molecule has 0 saturated carbocycles. The first-order valence-electron chi connectivity index (χ1n) is 13.0. The lowest BCUT2D eigenvalue weighted by atomic mass is 10.0. The zero-order chi connectivity index (χ0) is 28.5. The molecule has 6 rings (SSSR count). The number of amides is 1. The molecule has 9 nitrogen and oxygen atoms in total. The summed E-state index contributed by atoms with van der Waals surface area (Å²) in [6.07, 6.45) is 5.74. The first-order chi connectivity index (χ1) is 19.9. The standard InChI is InChI=1S/C31H25ClN6O3/c1-19-8-9-21(15-20(19)10-11-23-18-34-27-7-2-3-13-37(23)27)29(39)33-12-14-38-30(40)26(36-31(38)41)16-22-17-35-28-24(22)5-4-6-25(28)32/h2-9,13,15,17-18,35,40H,12,14,16H2,1H3,(H,33,39)(H,36,41). The van der Waals surface area contributed by atoms with E-state index in [0.29, 0.717) is 22.7 Å². The van der Waals surface area contributed by atoms with E-state index in [1.165, 1.54) is 4.57 Å². The molecule has 4 heterocycles. The van der Waals surface area contributed by atoms with E-state index in [9.17, 15) is 14.7 Å². The number of benzene rings is 2. The maximum absolute atomic E-state index is 12.9. The van der Waals surface area contributed by atoms with Crippen LogP contribution in [0, 0.1) is 18.8 Å². The van der Waals surface area contributed by atoms with Crippen LogP contribution in [0.3, 0.4) is 0 Å². The predicted molar refractivity (Wildman–Crippen MR) is 158 cm³/mol. The van der Waals surface area contributed by atoms with Crippen LogP contribution in [0.2, 0.25) is 5.02 Å². The second-order valence-electron chi connectivity index (χ2n) is 9.64. The van der Waals surface area contributed by atoms with Crippen LogP contribution in [0.25, 0.3) is 16.6 Å². The fourth-order valence-corrected chi connectivity index (χ4v) is 5.02. The molecule has 0 atom stereocenters. The molecule has 1 amide bonds. The Morgan fingerprint density at radius 2 is 2.02 bits per heavy atom. The molecular formula is C31H25ClN6O3. The molecule has 2 aromatic carbocycles. The molecule has 0 unspecified atom stereocenters. The molecule has 4 N–H and O–H groups in total. The number of carbonyl (C=O) groups is 1. The number of hydrogen-bond acceptors (Lipinski definition) is 4. The second-order valence-corrected chi connectivity index (χ2v) is 10.1. The lowest BCUT2D eigenvalue weighted by molar-refractivity contribution is 0.0951. The van der Waals surface area contributed by atoms with Crippen LogP contribution in [0.4, 0.5) is 0 Å². The van der Waals surface area contributed by atoms with Crippen LogP contribution in [0.5, 0.6) is 5.88 Å². The third-order valence-corrected chi connectivity index (χ3v) is 7.32. The van der Waals surface area contributed by atoms with Crippen molar-refractivity contribution in [3.8, 4) is 17.7 Å². The Bertz CT molecular complexity index is 2050. The van der Waals surface area contributed by atoms with Crippen LogP contribution in [-0.4, -0.2) is 41.5 Å². The number of para-hydroxylation sites is 1. The zero-order valence-electron chi connectivity index (χ0n) is 22.0. The van der Waals surface area contributed by atoms with Gasteiger partial charge in [-0.05, 0) is 54.3 Å². The number of carbonyl (C=O) groups excluding carboxylic acids is 1. The van der Waals surface area contributed by atoms with Gasteiger partial charge in [0.15, 0.2) is 0 Å². The van der Waals surface area contributed by atoms with Gasteiger partial charge in [0.1, 0.15) is 11.3 Å². The fraction of sp³-hybridized carbons (Fsp3) is 0.129. The van der Waals surface area contributed by atoms with E-state index in [0.717, 1.165) is 38.9 Å². The number of hydrogen-bond donors (Lipinski definition) is 4. The Kier molecular flexibility index (Phi) is 6.83. The lowest BCUT2D eigenvalue weighted by Gasteiger charge is -2.08. The largest absolute Gasteiger partial charge is 0.493 e. The minimum absolute atomic E-state index is 0.0967. The quantitative estimate of drug-likeness (QED) is 0.224. The lowest BCUT2D eigenvalue weighted by Crippen LogP contribution is -2.30. The fourth-order valence-electron chi connectivity index (χ4n) is 4.79. The molecule has 0 aliphatic carbocycles. The van der Waals surface area contributed by atoms with Gasteiger partial charge < -0.3 is 20.4 Å². The van der Waals surface area contributed by atoms with Gasteiger partial charge in [-0.25, -0.2) is 9.78 Å². The Hall–Kier alpha value is -5.20. The minimum atomic E-state index is -0.454. The highest BCUT2D eigenvalue weighted by Gasteiger charge is 2.16. The van der Waals surface area contributed by atoms with Crippen molar-refractivity contribution in [2.75, 3.05) is 6.54 Å². The van der Waals surface area contributed by atoms with Crippen molar-refractivity contribution < 1.29 is 9.90 Å². The Balaban J connectivity index is 1.13. The van der Waals surface area contributed by atoms with E-state index in [2.05, 4.69) is 32.1 Å². The van der Waals surface area contributed by atoms with Crippen molar-refractivity contribution in [2.24, 2.45) is 0 Å². The van der Waals surface area contributed by atoms with Crippen molar-refractivity contribution in [3.63, 3.8) is 0 Å². The second kappa shape index (κ2) is 10.8. The summed E-state index contributed by atoms with van der Waals surface area (Å²) < 4.78 is 3.11. The number of nitrogens with one attached hydrogen (secondary N) is 3. The van der Waals surface area contributed by atoms with Gasteiger partial charge in [0.2, 0.25) is 5.88 Å². The van der Waals surface area contributed by atoms with E-state index >= 15 is 0 Å². The van der Waals surface area contributed by atoms with E-state index in [1.807, 2.05) is 60.1 Å². The van der Waals surface area contributed by atoms with Gasteiger partial charge in [0, 0.05) is 48.4 Å². The van der Waals surface area contributed by atoms with Gasteiger partial charge in [-0.15, -0.1) is 0 Å². The summed E-state index contributed by atoms with van der Waals surface area (Å²) in [7, 11) is 0.